The molecule has 1 unspecified atom stereocenters. The number of hydrogen-bond donors (Lipinski definition) is 1. The van der Waals surface area contributed by atoms with Crippen molar-refractivity contribution in [2.75, 3.05) is 12.5 Å². The van der Waals surface area contributed by atoms with Gasteiger partial charge < -0.3 is 10.2 Å². The van der Waals surface area contributed by atoms with Gasteiger partial charge in [0, 0.05) is 11.4 Å². The Hall–Kier alpha value is -1.90. The van der Waals surface area contributed by atoms with E-state index in [0.29, 0.717) is 0 Å². The fourth-order valence-electron chi connectivity index (χ4n) is 2.03. The molecule has 0 radical (unpaired) electrons. The summed E-state index contributed by atoms with van der Waals surface area (Å²) in [7, 11) is 1.68. The van der Waals surface area contributed by atoms with Gasteiger partial charge in [-0.05, 0) is 50.6 Å². The summed E-state index contributed by atoms with van der Waals surface area (Å²) in [5, 5.41) is 0. The highest BCUT2D eigenvalue weighted by Crippen LogP contribution is 2.19. The van der Waals surface area contributed by atoms with Crippen molar-refractivity contribution < 1.29 is 4.74 Å². The average Bonchev–Trinajstić information content (AvgIpc) is 2.70. The Morgan fingerprint density at radius 2 is 1.56 bits per heavy atom. The number of rotatable bonds is 4. The smallest absolute Gasteiger partial charge is 0.118 e. The first kappa shape index (κ1) is 12.6. The molecule has 1 heterocycles. The molecule has 3 nitrogen and oxygen atoms in total. The van der Waals surface area contributed by atoms with Crippen LogP contribution in [0.3, 0.4) is 0 Å². The van der Waals surface area contributed by atoms with Gasteiger partial charge in [-0.25, -0.2) is 0 Å². The second-order valence-corrected chi connectivity index (χ2v) is 4.58. The number of benzene rings is 1. The van der Waals surface area contributed by atoms with E-state index in [2.05, 4.69) is 55.1 Å². The summed E-state index contributed by atoms with van der Waals surface area (Å²) in [6.07, 6.45) is 0. The van der Waals surface area contributed by atoms with Crippen molar-refractivity contribution in [2.45, 2.75) is 26.8 Å². The van der Waals surface area contributed by atoms with Gasteiger partial charge in [0.25, 0.3) is 0 Å². The molecular formula is C15H20N2O. The molecular weight excluding hydrogens is 224 g/mol. The van der Waals surface area contributed by atoms with Gasteiger partial charge in [0.15, 0.2) is 0 Å². The van der Waals surface area contributed by atoms with E-state index in [4.69, 9.17) is 4.74 Å². The summed E-state index contributed by atoms with van der Waals surface area (Å²) in [5.41, 5.74) is 7.16. The molecule has 0 amide bonds. The van der Waals surface area contributed by atoms with E-state index in [1.54, 1.807) is 7.11 Å². The van der Waals surface area contributed by atoms with E-state index in [0.717, 1.165) is 5.75 Å². The number of methoxy groups -OCH3 is 1. The Morgan fingerprint density at radius 3 is 2.06 bits per heavy atom. The zero-order chi connectivity index (χ0) is 13.1. The Labute approximate surface area is 108 Å². The molecule has 3 heteroatoms. The minimum Gasteiger partial charge on any atom is -0.497 e. The molecule has 0 spiro atoms. The lowest BCUT2D eigenvalue weighted by atomic mass is 10.1. The molecule has 0 fully saturated rings. The molecule has 1 N–H and O–H groups in total. The van der Waals surface area contributed by atoms with Crippen LogP contribution in [0.4, 0.5) is 0 Å². The lowest BCUT2D eigenvalue weighted by Gasteiger charge is -2.20. The number of ether oxygens (including phenoxy) is 1. The molecule has 0 saturated heterocycles. The maximum atomic E-state index is 5.17. The molecule has 2 rings (SSSR count). The Kier molecular flexibility index (Phi) is 3.60. The van der Waals surface area contributed by atoms with Gasteiger partial charge in [0.05, 0.1) is 13.2 Å². The molecule has 0 bridgehead atoms. The molecule has 2 aromatic rings. The van der Waals surface area contributed by atoms with Gasteiger partial charge in [0.2, 0.25) is 0 Å². The predicted molar refractivity (Wildman–Crippen MR) is 74.7 cm³/mol. The standard InChI is InChI=1S/C15H20N2O/c1-11-5-6-12(2)17(11)16-13(3)14-7-9-15(18-4)10-8-14/h5-10,13,16H,1-4H3. The quantitative estimate of drug-likeness (QED) is 0.892. The molecule has 1 aromatic carbocycles. The van der Waals surface area contributed by atoms with Crippen LogP contribution in [0, 0.1) is 13.8 Å². The van der Waals surface area contributed by atoms with Crippen LogP contribution in [0.5, 0.6) is 5.75 Å². The fourth-order valence-corrected chi connectivity index (χ4v) is 2.03. The summed E-state index contributed by atoms with van der Waals surface area (Å²) in [4.78, 5) is 0. The molecule has 96 valence electrons. The van der Waals surface area contributed by atoms with Gasteiger partial charge in [-0.3, -0.25) is 4.68 Å². The largest absolute Gasteiger partial charge is 0.497 e. The zero-order valence-electron chi connectivity index (χ0n) is 11.4. The number of hydrogen-bond acceptors (Lipinski definition) is 2. The summed E-state index contributed by atoms with van der Waals surface area (Å²) in [6.45, 7) is 6.35. The topological polar surface area (TPSA) is 26.2 Å². The van der Waals surface area contributed by atoms with E-state index in [9.17, 15) is 0 Å². The highest BCUT2D eigenvalue weighted by molar-refractivity contribution is 5.30. The van der Waals surface area contributed by atoms with Gasteiger partial charge in [-0.1, -0.05) is 12.1 Å². The Bertz CT molecular complexity index is 494. The normalized spacial score (nSPS) is 12.2. The number of nitrogens with zero attached hydrogens (tertiary/aromatic N) is 1. The molecule has 18 heavy (non-hydrogen) atoms. The second kappa shape index (κ2) is 5.17. The van der Waals surface area contributed by atoms with Crippen molar-refractivity contribution in [2.24, 2.45) is 0 Å². The van der Waals surface area contributed by atoms with E-state index in [1.807, 2.05) is 12.1 Å². The van der Waals surface area contributed by atoms with Crippen LogP contribution in [0.2, 0.25) is 0 Å². The van der Waals surface area contributed by atoms with Crippen molar-refractivity contribution in [3.63, 3.8) is 0 Å². The highest BCUT2D eigenvalue weighted by Gasteiger charge is 2.07. The van der Waals surface area contributed by atoms with Crippen LogP contribution >= 0.6 is 0 Å². The minimum absolute atomic E-state index is 0.251. The van der Waals surface area contributed by atoms with Crippen LogP contribution in [0.25, 0.3) is 0 Å². The van der Waals surface area contributed by atoms with Crippen molar-refractivity contribution in [1.29, 1.82) is 0 Å². The van der Waals surface area contributed by atoms with Crippen molar-refractivity contribution >= 4 is 0 Å². The van der Waals surface area contributed by atoms with E-state index < -0.39 is 0 Å². The zero-order valence-corrected chi connectivity index (χ0v) is 11.4. The maximum Gasteiger partial charge on any atom is 0.118 e. The van der Waals surface area contributed by atoms with Crippen molar-refractivity contribution in [3.8, 4) is 5.75 Å². The summed E-state index contributed by atoms with van der Waals surface area (Å²) in [6, 6.07) is 12.6. The van der Waals surface area contributed by atoms with Gasteiger partial charge in [0.1, 0.15) is 5.75 Å². The molecule has 1 aromatic heterocycles. The lowest BCUT2D eigenvalue weighted by Crippen LogP contribution is -2.20. The van der Waals surface area contributed by atoms with Crippen molar-refractivity contribution in [3.05, 3.63) is 53.3 Å². The second-order valence-electron chi connectivity index (χ2n) is 4.58. The van der Waals surface area contributed by atoms with Gasteiger partial charge in [-0.2, -0.15) is 0 Å². The van der Waals surface area contributed by atoms with Crippen LogP contribution in [-0.2, 0) is 0 Å². The molecule has 0 aliphatic heterocycles. The maximum absolute atomic E-state index is 5.17. The van der Waals surface area contributed by atoms with E-state index >= 15 is 0 Å². The number of aromatic nitrogens is 1. The number of nitrogens with one attached hydrogen (secondary N) is 1. The third-order valence-corrected chi connectivity index (χ3v) is 3.21. The Morgan fingerprint density at radius 1 is 1.00 bits per heavy atom. The SMILES string of the molecule is COc1ccc(C(C)Nn2c(C)ccc2C)cc1. The monoisotopic (exact) mass is 244 g/mol. The highest BCUT2D eigenvalue weighted by atomic mass is 16.5. The van der Waals surface area contributed by atoms with E-state index in [1.165, 1.54) is 17.0 Å². The first-order valence-electron chi connectivity index (χ1n) is 6.17. The van der Waals surface area contributed by atoms with Crippen molar-refractivity contribution in [1.82, 2.24) is 4.68 Å². The molecule has 0 aliphatic rings. The summed E-state index contributed by atoms with van der Waals surface area (Å²) in [5.74, 6) is 0.888. The third-order valence-electron chi connectivity index (χ3n) is 3.21. The Balaban J connectivity index is 2.14. The first-order valence-corrected chi connectivity index (χ1v) is 6.17. The summed E-state index contributed by atoms with van der Waals surface area (Å²) >= 11 is 0. The van der Waals surface area contributed by atoms with E-state index in [-0.39, 0.29) is 6.04 Å². The minimum atomic E-state index is 0.251. The van der Waals surface area contributed by atoms with Crippen LogP contribution < -0.4 is 10.2 Å². The van der Waals surface area contributed by atoms with Crippen LogP contribution in [-0.4, -0.2) is 11.8 Å². The van der Waals surface area contributed by atoms with Crippen LogP contribution in [0.1, 0.15) is 29.9 Å². The average molecular weight is 244 g/mol. The molecule has 1 atom stereocenters. The lowest BCUT2D eigenvalue weighted by molar-refractivity contribution is 0.414. The molecule has 0 aliphatic carbocycles. The van der Waals surface area contributed by atoms with Crippen LogP contribution in [0.15, 0.2) is 36.4 Å². The third kappa shape index (κ3) is 2.50. The first-order chi connectivity index (χ1) is 8.61. The molecule has 0 saturated carbocycles. The summed E-state index contributed by atoms with van der Waals surface area (Å²) < 4.78 is 7.29. The fraction of sp³-hybridized carbons (Fsp3) is 0.333. The van der Waals surface area contributed by atoms with Gasteiger partial charge in [-0.15, -0.1) is 0 Å². The number of aryl methyl sites for hydroxylation is 2. The van der Waals surface area contributed by atoms with Gasteiger partial charge >= 0.3 is 0 Å². The predicted octanol–water partition coefficient (Wildman–Crippen LogP) is 3.42.